The molecule has 1 saturated carbocycles. The van der Waals surface area contributed by atoms with Crippen LogP contribution in [0.3, 0.4) is 0 Å². The molecule has 2 aromatic heterocycles. The van der Waals surface area contributed by atoms with Crippen molar-refractivity contribution in [2.24, 2.45) is 10.4 Å². The first kappa shape index (κ1) is 23.7. The van der Waals surface area contributed by atoms with Crippen LogP contribution in [0, 0.1) is 5.41 Å². The summed E-state index contributed by atoms with van der Waals surface area (Å²) in [5, 5.41) is 14.0. The van der Waals surface area contributed by atoms with Crippen LogP contribution in [0.4, 0.5) is 0 Å². The van der Waals surface area contributed by atoms with Gasteiger partial charge in [0.25, 0.3) is 0 Å². The smallest absolute Gasteiger partial charge is 0.216 e. The summed E-state index contributed by atoms with van der Waals surface area (Å²) in [6.45, 7) is 7.89. The second kappa shape index (κ2) is 12.2. The van der Waals surface area contributed by atoms with Gasteiger partial charge in [0.15, 0.2) is 11.7 Å². The number of aromatic amines is 1. The Balaban J connectivity index is 0.00000300. The Labute approximate surface area is 189 Å². The molecule has 9 heteroatoms. The largest absolute Gasteiger partial charge is 0.461 e. The van der Waals surface area contributed by atoms with Crippen LogP contribution in [0.25, 0.3) is 11.6 Å². The molecule has 0 aliphatic heterocycles. The molecule has 1 fully saturated rings. The molecule has 0 atom stereocenters. The zero-order valence-electron chi connectivity index (χ0n) is 17.4. The number of nitrogens with zero attached hydrogens (tertiary/aromatic N) is 3. The van der Waals surface area contributed by atoms with Crippen molar-refractivity contribution >= 4 is 29.9 Å². The van der Waals surface area contributed by atoms with Crippen LogP contribution in [0.5, 0.6) is 0 Å². The fraction of sp³-hybridized carbons (Fsp3) is 0.650. The zero-order valence-corrected chi connectivity index (χ0v) is 19.7. The van der Waals surface area contributed by atoms with E-state index in [1.807, 2.05) is 12.1 Å². The minimum atomic E-state index is 0. The lowest BCUT2D eigenvalue weighted by molar-refractivity contribution is 0.105. The summed E-state index contributed by atoms with van der Waals surface area (Å²) in [5.41, 5.74) is 0.310. The maximum atomic E-state index is 5.61. The van der Waals surface area contributed by atoms with Gasteiger partial charge in [-0.2, -0.15) is 0 Å². The van der Waals surface area contributed by atoms with Crippen molar-refractivity contribution in [2.45, 2.75) is 52.5 Å². The number of halogens is 1. The number of guanidine groups is 1. The highest BCUT2D eigenvalue weighted by Gasteiger charge is 2.33. The summed E-state index contributed by atoms with van der Waals surface area (Å²) >= 11 is 0. The van der Waals surface area contributed by atoms with E-state index in [1.165, 1.54) is 25.7 Å². The Morgan fingerprint density at radius 2 is 2.14 bits per heavy atom. The quantitative estimate of drug-likeness (QED) is 0.193. The number of rotatable bonds is 10. The molecule has 3 N–H and O–H groups in total. The number of aliphatic imine (C=N–C) groups is 1. The van der Waals surface area contributed by atoms with Gasteiger partial charge >= 0.3 is 0 Å². The van der Waals surface area contributed by atoms with Gasteiger partial charge < -0.3 is 19.8 Å². The second-order valence-electron chi connectivity index (χ2n) is 7.29. The number of hydrogen-bond donors (Lipinski definition) is 3. The summed E-state index contributed by atoms with van der Waals surface area (Å²) in [6, 6.07) is 3.66. The number of aromatic nitrogens is 3. The fourth-order valence-corrected chi connectivity index (χ4v) is 3.72. The van der Waals surface area contributed by atoms with Gasteiger partial charge in [-0.15, -0.1) is 29.1 Å². The number of ether oxygens (including phenoxy) is 1. The fourth-order valence-electron chi connectivity index (χ4n) is 3.72. The third-order valence-electron chi connectivity index (χ3n) is 5.28. The predicted molar refractivity (Wildman–Crippen MR) is 124 cm³/mol. The molecule has 162 valence electrons. The molecular weight excluding hydrogens is 483 g/mol. The third-order valence-corrected chi connectivity index (χ3v) is 5.28. The highest BCUT2D eigenvalue weighted by Crippen LogP contribution is 2.40. The molecule has 29 heavy (non-hydrogen) atoms. The molecule has 0 spiro atoms. The topological polar surface area (TPSA) is 100 Å². The molecule has 3 rings (SSSR count). The van der Waals surface area contributed by atoms with Crippen LogP contribution in [-0.4, -0.2) is 47.4 Å². The van der Waals surface area contributed by atoms with Crippen molar-refractivity contribution < 1.29 is 9.15 Å². The van der Waals surface area contributed by atoms with Crippen molar-refractivity contribution in [3.05, 3.63) is 24.2 Å². The number of nitrogens with one attached hydrogen (secondary N) is 3. The van der Waals surface area contributed by atoms with Crippen molar-refractivity contribution in [1.82, 2.24) is 25.8 Å². The van der Waals surface area contributed by atoms with Crippen LogP contribution >= 0.6 is 24.0 Å². The molecule has 1 aliphatic carbocycles. The first-order valence-corrected chi connectivity index (χ1v) is 10.3. The molecule has 2 heterocycles. The normalized spacial score (nSPS) is 15.9. The van der Waals surface area contributed by atoms with E-state index in [1.54, 1.807) is 6.26 Å². The highest BCUT2D eigenvalue weighted by atomic mass is 127. The Hall–Kier alpha value is -1.62. The van der Waals surface area contributed by atoms with Gasteiger partial charge in [-0.3, -0.25) is 5.10 Å². The number of H-pyrrole nitrogens is 1. The Kier molecular flexibility index (Phi) is 9.92. The van der Waals surface area contributed by atoms with Crippen LogP contribution in [-0.2, 0) is 11.3 Å². The van der Waals surface area contributed by atoms with E-state index in [9.17, 15) is 0 Å². The van der Waals surface area contributed by atoms with Gasteiger partial charge in [0.2, 0.25) is 5.82 Å². The lowest BCUT2D eigenvalue weighted by atomic mass is 9.83. The molecule has 1 aliphatic rings. The van der Waals surface area contributed by atoms with E-state index in [0.29, 0.717) is 29.4 Å². The van der Waals surface area contributed by atoms with Gasteiger partial charge in [-0.25, -0.2) is 9.98 Å². The maximum Gasteiger partial charge on any atom is 0.216 e. The third kappa shape index (κ3) is 6.98. The summed E-state index contributed by atoms with van der Waals surface area (Å²) in [4.78, 5) is 9.11. The first-order chi connectivity index (χ1) is 13.7. The minimum absolute atomic E-state index is 0. The first-order valence-electron chi connectivity index (χ1n) is 10.3. The molecule has 0 amide bonds. The van der Waals surface area contributed by atoms with Gasteiger partial charge in [0.05, 0.1) is 6.26 Å². The molecule has 0 aromatic carbocycles. The summed E-state index contributed by atoms with van der Waals surface area (Å²) in [5.74, 6) is 2.71. The Morgan fingerprint density at radius 3 is 2.83 bits per heavy atom. The van der Waals surface area contributed by atoms with E-state index in [4.69, 9.17) is 9.15 Å². The van der Waals surface area contributed by atoms with Crippen LogP contribution in [0.2, 0.25) is 0 Å². The van der Waals surface area contributed by atoms with Crippen molar-refractivity contribution in [3.63, 3.8) is 0 Å². The number of hydrogen-bond acceptors (Lipinski definition) is 5. The van der Waals surface area contributed by atoms with Crippen LogP contribution in [0.1, 0.15) is 51.8 Å². The van der Waals surface area contributed by atoms with E-state index in [0.717, 1.165) is 38.7 Å². The maximum absolute atomic E-state index is 5.61. The molecule has 0 bridgehead atoms. The van der Waals surface area contributed by atoms with Crippen molar-refractivity contribution in [2.75, 3.05) is 26.3 Å². The lowest BCUT2D eigenvalue weighted by Crippen LogP contribution is -2.43. The summed E-state index contributed by atoms with van der Waals surface area (Å²) in [6.07, 6.45) is 7.81. The van der Waals surface area contributed by atoms with Crippen molar-refractivity contribution in [3.8, 4) is 11.6 Å². The zero-order chi connectivity index (χ0) is 19.7. The predicted octanol–water partition coefficient (Wildman–Crippen LogP) is 3.72. The van der Waals surface area contributed by atoms with Gasteiger partial charge in [-0.05, 0) is 50.7 Å². The van der Waals surface area contributed by atoms with E-state index < -0.39 is 0 Å². The molecule has 0 saturated heterocycles. The van der Waals surface area contributed by atoms with Gasteiger partial charge in [0, 0.05) is 26.3 Å². The monoisotopic (exact) mass is 516 g/mol. The molecular formula is C20H33IN6O2. The SMILES string of the molecule is CCNC(=NCc1nc(-c2ccco2)n[nH]1)NCC1(CCOCC)CCCC1.I. The van der Waals surface area contributed by atoms with Crippen LogP contribution in [0.15, 0.2) is 27.8 Å². The van der Waals surface area contributed by atoms with E-state index in [2.05, 4.69) is 44.7 Å². The summed E-state index contributed by atoms with van der Waals surface area (Å²) < 4.78 is 10.9. The highest BCUT2D eigenvalue weighted by molar-refractivity contribution is 14.0. The number of furan rings is 1. The van der Waals surface area contributed by atoms with Crippen molar-refractivity contribution in [1.29, 1.82) is 0 Å². The van der Waals surface area contributed by atoms with E-state index in [-0.39, 0.29) is 24.0 Å². The standard InChI is InChI=1S/C20H32N6O2.HI/c1-3-21-19(23-15-20(9-5-6-10-20)11-13-27-4-2)22-14-17-24-18(26-25-17)16-8-7-12-28-16;/h7-8,12H,3-6,9-11,13-15H2,1-2H3,(H2,21,22,23)(H,24,25,26);1H. The average Bonchev–Trinajstić information content (AvgIpc) is 3.46. The Morgan fingerprint density at radius 1 is 1.31 bits per heavy atom. The van der Waals surface area contributed by atoms with Gasteiger partial charge in [-0.1, -0.05) is 12.8 Å². The average molecular weight is 516 g/mol. The molecule has 2 aromatic rings. The molecule has 0 radical (unpaired) electrons. The van der Waals surface area contributed by atoms with E-state index >= 15 is 0 Å². The molecule has 8 nitrogen and oxygen atoms in total. The minimum Gasteiger partial charge on any atom is -0.461 e. The van der Waals surface area contributed by atoms with Crippen LogP contribution < -0.4 is 10.6 Å². The summed E-state index contributed by atoms with van der Waals surface area (Å²) in [7, 11) is 0. The van der Waals surface area contributed by atoms with Gasteiger partial charge in [0.1, 0.15) is 12.4 Å². The lowest BCUT2D eigenvalue weighted by Gasteiger charge is -2.30. The Bertz CT molecular complexity index is 725. The second-order valence-corrected chi connectivity index (χ2v) is 7.29. The molecule has 0 unspecified atom stereocenters.